The van der Waals surface area contributed by atoms with Crippen LogP contribution in [0.3, 0.4) is 0 Å². The Morgan fingerprint density at radius 3 is 2.42 bits per heavy atom. The summed E-state index contributed by atoms with van der Waals surface area (Å²) in [6, 6.07) is 7.31. The van der Waals surface area contributed by atoms with Crippen LogP contribution in [0.5, 0.6) is 5.75 Å². The molecular weight excluding hydrogens is 354 g/mol. The van der Waals surface area contributed by atoms with Crippen molar-refractivity contribution in [1.82, 2.24) is 10.6 Å². The monoisotopic (exact) mass is 385 g/mol. The fraction of sp³-hybridized carbons (Fsp3) is 0.611. The summed E-state index contributed by atoms with van der Waals surface area (Å²) in [7, 11) is -2.96. The van der Waals surface area contributed by atoms with Gasteiger partial charge in [-0.1, -0.05) is 12.1 Å². The van der Waals surface area contributed by atoms with E-state index in [9.17, 15) is 13.5 Å². The number of aliphatic hydroxyl groups excluding tert-OH is 1. The van der Waals surface area contributed by atoms with Crippen LogP contribution in [-0.2, 0) is 9.84 Å². The summed E-state index contributed by atoms with van der Waals surface area (Å²) in [5.74, 6) is 1.45. The lowest BCUT2D eigenvalue weighted by Crippen LogP contribution is -2.38. The van der Waals surface area contributed by atoms with Gasteiger partial charge in [-0.25, -0.2) is 8.42 Å². The van der Waals surface area contributed by atoms with Crippen LogP contribution in [0.4, 0.5) is 0 Å². The molecule has 0 aliphatic carbocycles. The highest BCUT2D eigenvalue weighted by Gasteiger charge is 2.09. The molecule has 7 nitrogen and oxygen atoms in total. The van der Waals surface area contributed by atoms with Crippen LogP contribution in [0.25, 0.3) is 0 Å². The number of aliphatic imine (C=N–C) groups is 1. The zero-order chi connectivity index (χ0) is 19.6. The third-order valence-electron chi connectivity index (χ3n) is 3.39. The number of benzene rings is 1. The summed E-state index contributed by atoms with van der Waals surface area (Å²) < 4.78 is 27.9. The maximum absolute atomic E-state index is 11.1. The molecule has 0 amide bonds. The van der Waals surface area contributed by atoms with E-state index in [2.05, 4.69) is 15.6 Å². The van der Waals surface area contributed by atoms with Crippen molar-refractivity contribution in [3.63, 3.8) is 0 Å². The average Bonchev–Trinajstić information content (AvgIpc) is 2.55. The van der Waals surface area contributed by atoms with Crippen molar-refractivity contribution in [2.75, 3.05) is 31.6 Å². The summed E-state index contributed by atoms with van der Waals surface area (Å²) in [5.41, 5.74) is 0.762. The van der Waals surface area contributed by atoms with E-state index in [1.54, 1.807) is 0 Å². The molecule has 3 N–H and O–H groups in total. The number of hydrogen-bond acceptors (Lipinski definition) is 5. The van der Waals surface area contributed by atoms with Gasteiger partial charge >= 0.3 is 0 Å². The van der Waals surface area contributed by atoms with Gasteiger partial charge in [-0.3, -0.25) is 4.99 Å². The number of sulfone groups is 1. The normalized spacial score (nSPS) is 13.5. The highest BCUT2D eigenvalue weighted by molar-refractivity contribution is 7.90. The molecule has 0 heterocycles. The predicted molar refractivity (Wildman–Crippen MR) is 105 cm³/mol. The van der Waals surface area contributed by atoms with Gasteiger partial charge in [-0.15, -0.1) is 0 Å². The highest BCUT2D eigenvalue weighted by Crippen LogP contribution is 2.19. The SMILES string of the molecule is CCNC(=NCC(O)c1ccc(OC(C)C)cc1)NCCCS(C)(=O)=O. The van der Waals surface area contributed by atoms with Crippen LogP contribution in [0.15, 0.2) is 29.3 Å². The van der Waals surface area contributed by atoms with Crippen LogP contribution in [0.2, 0.25) is 0 Å². The fourth-order valence-corrected chi connectivity index (χ4v) is 2.88. The lowest BCUT2D eigenvalue weighted by atomic mass is 10.1. The second kappa shape index (κ2) is 11.0. The van der Waals surface area contributed by atoms with Crippen LogP contribution < -0.4 is 15.4 Å². The minimum Gasteiger partial charge on any atom is -0.491 e. The third kappa shape index (κ3) is 9.62. The molecule has 0 spiro atoms. The van der Waals surface area contributed by atoms with Gasteiger partial charge in [0.05, 0.1) is 24.5 Å². The van der Waals surface area contributed by atoms with E-state index in [4.69, 9.17) is 4.74 Å². The average molecular weight is 386 g/mol. The summed E-state index contributed by atoms with van der Waals surface area (Å²) in [4.78, 5) is 4.36. The van der Waals surface area contributed by atoms with Crippen molar-refractivity contribution < 1.29 is 18.3 Å². The Kier molecular flexibility index (Phi) is 9.43. The minimum absolute atomic E-state index is 0.104. The molecule has 1 unspecified atom stereocenters. The largest absolute Gasteiger partial charge is 0.491 e. The molecular formula is C18H31N3O4S. The molecule has 148 valence electrons. The molecule has 0 saturated carbocycles. The van der Waals surface area contributed by atoms with Gasteiger partial charge in [-0.2, -0.15) is 0 Å². The number of rotatable bonds is 10. The molecule has 0 aliphatic rings. The number of hydrogen-bond donors (Lipinski definition) is 3. The molecule has 26 heavy (non-hydrogen) atoms. The van der Waals surface area contributed by atoms with Crippen molar-refractivity contribution in [2.45, 2.75) is 39.4 Å². The molecule has 1 atom stereocenters. The smallest absolute Gasteiger partial charge is 0.191 e. The Labute approximate surface area is 156 Å². The first-order valence-corrected chi connectivity index (χ1v) is 10.9. The summed E-state index contributed by atoms with van der Waals surface area (Å²) in [5, 5.41) is 16.5. The Hall–Kier alpha value is -1.80. The van der Waals surface area contributed by atoms with E-state index >= 15 is 0 Å². The summed E-state index contributed by atoms with van der Waals surface area (Å²) in [6.45, 7) is 7.24. The van der Waals surface area contributed by atoms with E-state index < -0.39 is 15.9 Å². The third-order valence-corrected chi connectivity index (χ3v) is 4.42. The second-order valence-electron chi connectivity index (χ2n) is 6.38. The molecule has 8 heteroatoms. The van der Waals surface area contributed by atoms with E-state index in [1.165, 1.54) is 6.26 Å². The van der Waals surface area contributed by atoms with Crippen molar-refractivity contribution in [3.8, 4) is 5.75 Å². The van der Waals surface area contributed by atoms with Crippen LogP contribution >= 0.6 is 0 Å². The van der Waals surface area contributed by atoms with Crippen molar-refractivity contribution in [3.05, 3.63) is 29.8 Å². The molecule has 0 bridgehead atoms. The van der Waals surface area contributed by atoms with E-state index in [-0.39, 0.29) is 18.4 Å². The number of nitrogens with zero attached hydrogens (tertiary/aromatic N) is 1. The van der Waals surface area contributed by atoms with E-state index in [0.29, 0.717) is 25.5 Å². The molecule has 0 radical (unpaired) electrons. The topological polar surface area (TPSA) is 100 Å². The van der Waals surface area contributed by atoms with Crippen LogP contribution in [-0.4, -0.2) is 57.2 Å². The van der Waals surface area contributed by atoms with Gasteiger partial charge < -0.3 is 20.5 Å². The van der Waals surface area contributed by atoms with Crippen molar-refractivity contribution in [2.24, 2.45) is 4.99 Å². The lowest BCUT2D eigenvalue weighted by molar-refractivity contribution is 0.186. The van der Waals surface area contributed by atoms with Gasteiger partial charge in [0.1, 0.15) is 15.6 Å². The maximum atomic E-state index is 11.1. The fourth-order valence-electron chi connectivity index (χ4n) is 2.21. The summed E-state index contributed by atoms with van der Waals surface area (Å²) in [6.07, 6.45) is 1.10. The molecule has 1 aromatic carbocycles. The first-order valence-electron chi connectivity index (χ1n) is 8.86. The molecule has 0 aliphatic heterocycles. The second-order valence-corrected chi connectivity index (χ2v) is 8.64. The van der Waals surface area contributed by atoms with Crippen LogP contribution in [0.1, 0.15) is 38.9 Å². The summed E-state index contributed by atoms with van der Waals surface area (Å²) >= 11 is 0. The highest BCUT2D eigenvalue weighted by atomic mass is 32.2. The number of guanidine groups is 1. The van der Waals surface area contributed by atoms with Gasteiger partial charge in [0.25, 0.3) is 0 Å². The van der Waals surface area contributed by atoms with Gasteiger partial charge in [0.15, 0.2) is 5.96 Å². The molecule has 0 fully saturated rings. The first kappa shape index (κ1) is 22.2. The Morgan fingerprint density at radius 2 is 1.88 bits per heavy atom. The van der Waals surface area contributed by atoms with E-state index in [0.717, 1.165) is 11.3 Å². The first-order chi connectivity index (χ1) is 12.2. The van der Waals surface area contributed by atoms with E-state index in [1.807, 2.05) is 45.0 Å². The van der Waals surface area contributed by atoms with Gasteiger partial charge in [0, 0.05) is 19.3 Å². The van der Waals surface area contributed by atoms with Crippen molar-refractivity contribution >= 4 is 15.8 Å². The maximum Gasteiger partial charge on any atom is 0.191 e. The molecule has 0 saturated heterocycles. The lowest BCUT2D eigenvalue weighted by Gasteiger charge is -2.14. The standard InChI is InChI=1S/C18H31N3O4S/c1-5-19-18(20-11-6-12-26(4,23)24)21-13-17(22)15-7-9-16(10-8-15)25-14(2)3/h7-10,14,17,22H,5-6,11-13H2,1-4H3,(H2,19,20,21). The number of nitrogens with one attached hydrogen (secondary N) is 2. The Morgan fingerprint density at radius 1 is 1.23 bits per heavy atom. The Bertz CT molecular complexity index is 658. The molecule has 1 aromatic rings. The van der Waals surface area contributed by atoms with Gasteiger partial charge in [-0.05, 0) is 44.9 Å². The van der Waals surface area contributed by atoms with Crippen LogP contribution in [0, 0.1) is 0 Å². The zero-order valence-electron chi connectivity index (χ0n) is 16.0. The van der Waals surface area contributed by atoms with Gasteiger partial charge in [0.2, 0.25) is 0 Å². The predicted octanol–water partition coefficient (Wildman–Crippen LogP) is 1.50. The minimum atomic E-state index is -2.96. The number of ether oxygens (including phenoxy) is 1. The Balaban J connectivity index is 2.56. The quantitative estimate of drug-likeness (QED) is 0.321. The molecule has 0 aromatic heterocycles. The zero-order valence-corrected chi connectivity index (χ0v) is 16.8. The van der Waals surface area contributed by atoms with Crippen molar-refractivity contribution in [1.29, 1.82) is 0 Å². The molecule has 1 rings (SSSR count). The number of aliphatic hydroxyl groups is 1.